The number of ether oxygens (including phenoxy) is 1. The van der Waals surface area contributed by atoms with Gasteiger partial charge in [0.05, 0.1) is 5.56 Å². The summed E-state index contributed by atoms with van der Waals surface area (Å²) in [4.78, 5) is 14.5. The average molecular weight is 349 g/mol. The van der Waals surface area contributed by atoms with Crippen LogP contribution in [-0.2, 0) is 6.54 Å². The molecule has 0 saturated heterocycles. The first kappa shape index (κ1) is 16.9. The van der Waals surface area contributed by atoms with E-state index in [1.54, 1.807) is 6.07 Å². The van der Waals surface area contributed by atoms with Gasteiger partial charge in [0.1, 0.15) is 18.1 Å². The van der Waals surface area contributed by atoms with E-state index in [1.807, 2.05) is 42.5 Å². The minimum absolute atomic E-state index is 0.326. The number of rotatable bonds is 5. The third kappa shape index (κ3) is 3.25. The van der Waals surface area contributed by atoms with Crippen LogP contribution in [0.4, 0.5) is 0 Å². The van der Waals surface area contributed by atoms with Crippen molar-refractivity contribution in [1.82, 2.24) is 4.90 Å². The summed E-state index contributed by atoms with van der Waals surface area (Å²) in [5, 5.41) is 0.952. The Hall–Kier alpha value is -2.59. The van der Waals surface area contributed by atoms with Crippen molar-refractivity contribution >= 4 is 11.0 Å². The zero-order valence-corrected chi connectivity index (χ0v) is 15.0. The van der Waals surface area contributed by atoms with Crippen LogP contribution in [0.5, 0.6) is 5.75 Å². The Labute approximate surface area is 153 Å². The van der Waals surface area contributed by atoms with Crippen LogP contribution in [0.25, 0.3) is 22.1 Å². The maximum Gasteiger partial charge on any atom is 0.336 e. The van der Waals surface area contributed by atoms with E-state index in [1.165, 1.54) is 12.8 Å². The van der Waals surface area contributed by atoms with Crippen LogP contribution >= 0.6 is 0 Å². The van der Waals surface area contributed by atoms with E-state index in [4.69, 9.17) is 9.15 Å². The molecule has 4 nitrogen and oxygen atoms in total. The molecule has 0 N–H and O–H groups in total. The van der Waals surface area contributed by atoms with Gasteiger partial charge in [-0.2, -0.15) is 0 Å². The van der Waals surface area contributed by atoms with Gasteiger partial charge in [0, 0.05) is 24.5 Å². The average Bonchev–Trinajstić information content (AvgIpc) is 2.68. The molecule has 0 amide bonds. The largest absolute Gasteiger partial charge is 0.478 e. The number of benzene rings is 2. The van der Waals surface area contributed by atoms with E-state index in [0.29, 0.717) is 12.3 Å². The summed E-state index contributed by atoms with van der Waals surface area (Å²) in [6.45, 7) is 4.53. The van der Waals surface area contributed by atoms with Crippen molar-refractivity contribution in [2.75, 3.05) is 13.3 Å². The molecule has 0 fully saturated rings. The molecule has 0 atom stereocenters. The van der Waals surface area contributed by atoms with Crippen LogP contribution in [0, 0.1) is 0 Å². The van der Waals surface area contributed by atoms with Gasteiger partial charge in [-0.25, -0.2) is 4.79 Å². The highest BCUT2D eigenvalue weighted by Crippen LogP contribution is 2.36. The Morgan fingerprint density at radius 1 is 1.08 bits per heavy atom. The highest BCUT2D eigenvalue weighted by Gasteiger charge is 2.22. The maximum absolute atomic E-state index is 12.2. The Bertz CT molecular complexity index is 962. The molecule has 0 saturated carbocycles. The normalized spacial score (nSPS) is 14.2. The first-order chi connectivity index (χ1) is 12.8. The molecule has 4 heteroatoms. The summed E-state index contributed by atoms with van der Waals surface area (Å²) < 4.78 is 11.6. The summed E-state index contributed by atoms with van der Waals surface area (Å²) in [6, 6.07) is 15.5. The summed E-state index contributed by atoms with van der Waals surface area (Å²) in [7, 11) is 0. The Balaban J connectivity index is 1.78. The molecule has 0 spiro atoms. The third-order valence-corrected chi connectivity index (χ3v) is 4.92. The van der Waals surface area contributed by atoms with Crippen molar-refractivity contribution in [3.8, 4) is 16.9 Å². The highest BCUT2D eigenvalue weighted by atomic mass is 16.5. The van der Waals surface area contributed by atoms with E-state index >= 15 is 0 Å². The Morgan fingerprint density at radius 2 is 1.92 bits per heavy atom. The minimum atomic E-state index is -0.326. The molecule has 0 radical (unpaired) electrons. The van der Waals surface area contributed by atoms with E-state index in [0.717, 1.165) is 47.3 Å². The van der Waals surface area contributed by atoms with E-state index in [2.05, 4.69) is 11.8 Å². The van der Waals surface area contributed by atoms with Gasteiger partial charge in [-0.1, -0.05) is 50.1 Å². The fraction of sp³-hybridized carbons (Fsp3) is 0.318. The first-order valence-electron chi connectivity index (χ1n) is 9.26. The van der Waals surface area contributed by atoms with E-state index in [-0.39, 0.29) is 5.63 Å². The molecular formula is C22H23NO3. The second kappa shape index (κ2) is 7.34. The molecule has 134 valence electrons. The van der Waals surface area contributed by atoms with Gasteiger partial charge in [-0.15, -0.1) is 0 Å². The summed E-state index contributed by atoms with van der Waals surface area (Å²) in [5.41, 5.74) is 3.21. The van der Waals surface area contributed by atoms with Gasteiger partial charge in [-0.3, -0.25) is 4.90 Å². The second-order valence-corrected chi connectivity index (χ2v) is 6.80. The topological polar surface area (TPSA) is 42.7 Å². The molecule has 2 aromatic carbocycles. The Morgan fingerprint density at radius 3 is 2.73 bits per heavy atom. The van der Waals surface area contributed by atoms with Crippen LogP contribution in [0.15, 0.2) is 57.7 Å². The predicted molar refractivity (Wildman–Crippen MR) is 103 cm³/mol. The van der Waals surface area contributed by atoms with Crippen LogP contribution in [0.2, 0.25) is 0 Å². The van der Waals surface area contributed by atoms with Crippen molar-refractivity contribution in [3.05, 3.63) is 64.5 Å². The molecule has 0 aliphatic carbocycles. The monoisotopic (exact) mass is 349 g/mol. The standard InChI is InChI=1S/C22H23NO3/c1-2-3-7-12-23-14-19-20(25-15-23)11-10-17-18(13-21(24)26-22(17)19)16-8-5-4-6-9-16/h4-6,8-11,13H,2-3,7,12,14-15H2,1H3. The molecule has 2 heterocycles. The molecule has 1 aromatic heterocycles. The fourth-order valence-electron chi connectivity index (χ4n) is 3.56. The van der Waals surface area contributed by atoms with Crippen molar-refractivity contribution in [1.29, 1.82) is 0 Å². The molecule has 1 aliphatic rings. The number of hydrogen-bond donors (Lipinski definition) is 0. The van der Waals surface area contributed by atoms with Gasteiger partial charge in [0.25, 0.3) is 0 Å². The van der Waals surface area contributed by atoms with E-state index < -0.39 is 0 Å². The quantitative estimate of drug-likeness (QED) is 0.490. The Kier molecular flexibility index (Phi) is 4.76. The van der Waals surface area contributed by atoms with Gasteiger partial charge in [0.15, 0.2) is 0 Å². The molecule has 0 bridgehead atoms. The summed E-state index contributed by atoms with van der Waals surface area (Å²) in [5.74, 6) is 0.817. The predicted octanol–water partition coefficient (Wildman–Crippen LogP) is 4.80. The third-order valence-electron chi connectivity index (χ3n) is 4.92. The van der Waals surface area contributed by atoms with Crippen molar-refractivity contribution in [2.24, 2.45) is 0 Å². The fourth-order valence-corrected chi connectivity index (χ4v) is 3.56. The maximum atomic E-state index is 12.2. The van der Waals surface area contributed by atoms with Gasteiger partial charge in [0.2, 0.25) is 0 Å². The molecule has 1 aliphatic heterocycles. The summed E-state index contributed by atoms with van der Waals surface area (Å²) >= 11 is 0. The van der Waals surface area contributed by atoms with E-state index in [9.17, 15) is 4.79 Å². The lowest BCUT2D eigenvalue weighted by Gasteiger charge is -2.29. The lowest BCUT2D eigenvalue weighted by molar-refractivity contribution is 0.0939. The SMILES string of the molecule is CCCCCN1COc2ccc3c(-c4ccccc4)cc(=O)oc3c2C1. The minimum Gasteiger partial charge on any atom is -0.478 e. The van der Waals surface area contributed by atoms with Crippen LogP contribution < -0.4 is 10.4 Å². The zero-order chi connectivity index (χ0) is 17.9. The number of unbranched alkanes of at least 4 members (excludes halogenated alkanes) is 2. The zero-order valence-electron chi connectivity index (χ0n) is 15.0. The number of hydrogen-bond acceptors (Lipinski definition) is 4. The molecule has 4 rings (SSSR count). The van der Waals surface area contributed by atoms with Crippen LogP contribution in [-0.4, -0.2) is 18.2 Å². The van der Waals surface area contributed by atoms with Gasteiger partial charge >= 0.3 is 5.63 Å². The van der Waals surface area contributed by atoms with Crippen molar-refractivity contribution in [3.63, 3.8) is 0 Å². The van der Waals surface area contributed by atoms with Crippen molar-refractivity contribution < 1.29 is 9.15 Å². The van der Waals surface area contributed by atoms with Gasteiger partial charge < -0.3 is 9.15 Å². The molecule has 26 heavy (non-hydrogen) atoms. The highest BCUT2D eigenvalue weighted by molar-refractivity contribution is 5.95. The number of nitrogens with zero attached hydrogens (tertiary/aromatic N) is 1. The van der Waals surface area contributed by atoms with Gasteiger partial charge in [-0.05, 0) is 29.7 Å². The molecular weight excluding hydrogens is 326 g/mol. The first-order valence-corrected chi connectivity index (χ1v) is 9.26. The number of fused-ring (bicyclic) bond motifs is 3. The molecule has 3 aromatic rings. The van der Waals surface area contributed by atoms with Crippen LogP contribution in [0.3, 0.4) is 0 Å². The molecule has 0 unspecified atom stereocenters. The smallest absolute Gasteiger partial charge is 0.336 e. The second-order valence-electron chi connectivity index (χ2n) is 6.80. The van der Waals surface area contributed by atoms with Crippen LogP contribution in [0.1, 0.15) is 31.7 Å². The van der Waals surface area contributed by atoms with Crippen molar-refractivity contribution in [2.45, 2.75) is 32.7 Å². The summed E-state index contributed by atoms with van der Waals surface area (Å²) in [6.07, 6.45) is 3.56. The lowest BCUT2D eigenvalue weighted by Crippen LogP contribution is -2.33. The lowest BCUT2D eigenvalue weighted by atomic mass is 9.99.